The van der Waals surface area contributed by atoms with Gasteiger partial charge in [0, 0.05) is 18.0 Å². The second kappa shape index (κ2) is 7.33. The van der Waals surface area contributed by atoms with Crippen LogP contribution in [0.5, 0.6) is 0 Å². The number of carbonyl (C=O) groups is 1. The summed E-state index contributed by atoms with van der Waals surface area (Å²) in [5, 5.41) is 20.0. The Labute approximate surface area is 143 Å². The maximum absolute atomic E-state index is 12.3. The standard InChI is InChI=1S/C17H16ClN3O3/c18-12-4-1-3-11(7-12)8-13(22)9-19-17(23)14-10-20-21-16(14)15-5-2-6-24-15/h1-7,10,13,22H,8-9H2,(H,19,23)(H,20,21). The van der Waals surface area contributed by atoms with Crippen molar-refractivity contribution in [2.24, 2.45) is 0 Å². The molecule has 3 rings (SSSR count). The highest BCUT2D eigenvalue weighted by molar-refractivity contribution is 6.30. The number of rotatable bonds is 6. The molecule has 2 heterocycles. The van der Waals surface area contributed by atoms with Gasteiger partial charge < -0.3 is 14.8 Å². The van der Waals surface area contributed by atoms with E-state index in [1.165, 1.54) is 12.5 Å². The summed E-state index contributed by atoms with van der Waals surface area (Å²) in [7, 11) is 0. The minimum atomic E-state index is -0.716. The largest absolute Gasteiger partial charge is 0.463 e. The van der Waals surface area contributed by atoms with Crippen LogP contribution in [-0.2, 0) is 6.42 Å². The van der Waals surface area contributed by atoms with E-state index in [0.717, 1.165) is 5.56 Å². The van der Waals surface area contributed by atoms with Gasteiger partial charge >= 0.3 is 0 Å². The second-order valence-electron chi connectivity index (χ2n) is 5.33. The molecule has 3 aromatic rings. The smallest absolute Gasteiger partial charge is 0.255 e. The fourth-order valence-electron chi connectivity index (χ4n) is 2.38. The summed E-state index contributed by atoms with van der Waals surface area (Å²) >= 11 is 5.92. The molecule has 2 aromatic heterocycles. The Morgan fingerprint density at radius 1 is 1.38 bits per heavy atom. The number of nitrogens with zero attached hydrogens (tertiary/aromatic N) is 1. The normalized spacial score (nSPS) is 12.1. The Morgan fingerprint density at radius 3 is 3.00 bits per heavy atom. The van der Waals surface area contributed by atoms with Crippen LogP contribution in [0.25, 0.3) is 11.5 Å². The first-order valence-corrected chi connectivity index (χ1v) is 7.79. The van der Waals surface area contributed by atoms with Crippen molar-refractivity contribution >= 4 is 17.5 Å². The van der Waals surface area contributed by atoms with Crippen LogP contribution in [0, 0.1) is 0 Å². The Balaban J connectivity index is 1.59. The average molecular weight is 346 g/mol. The lowest BCUT2D eigenvalue weighted by atomic mass is 10.1. The summed E-state index contributed by atoms with van der Waals surface area (Å²) in [5.41, 5.74) is 1.77. The van der Waals surface area contributed by atoms with Crippen LogP contribution in [0.2, 0.25) is 5.02 Å². The summed E-state index contributed by atoms with van der Waals surface area (Å²) < 4.78 is 5.27. The molecular formula is C17H16ClN3O3. The number of hydrogen-bond acceptors (Lipinski definition) is 4. The SMILES string of the molecule is O=C(NCC(O)Cc1cccc(Cl)c1)c1cn[nH]c1-c1ccco1. The van der Waals surface area contributed by atoms with E-state index in [4.69, 9.17) is 16.0 Å². The molecular weight excluding hydrogens is 330 g/mol. The minimum absolute atomic E-state index is 0.119. The maximum atomic E-state index is 12.3. The third-order valence-electron chi connectivity index (χ3n) is 3.51. The summed E-state index contributed by atoms with van der Waals surface area (Å²) in [5.74, 6) is 0.192. The zero-order valence-corrected chi connectivity index (χ0v) is 13.5. The molecule has 0 fully saturated rings. The van der Waals surface area contributed by atoms with Gasteiger partial charge in [-0.2, -0.15) is 5.10 Å². The van der Waals surface area contributed by atoms with Crippen LogP contribution >= 0.6 is 11.6 Å². The van der Waals surface area contributed by atoms with E-state index < -0.39 is 6.10 Å². The number of aromatic nitrogens is 2. The van der Waals surface area contributed by atoms with Crippen molar-refractivity contribution in [2.45, 2.75) is 12.5 Å². The molecule has 1 amide bonds. The first-order chi connectivity index (χ1) is 11.6. The molecule has 0 spiro atoms. The van der Waals surface area contributed by atoms with Gasteiger partial charge in [0.25, 0.3) is 5.91 Å². The molecule has 0 aliphatic rings. The van der Waals surface area contributed by atoms with Crippen molar-refractivity contribution in [3.63, 3.8) is 0 Å². The van der Waals surface area contributed by atoms with E-state index in [1.807, 2.05) is 12.1 Å². The Hall–Kier alpha value is -2.57. The van der Waals surface area contributed by atoms with Crippen LogP contribution in [0.15, 0.2) is 53.3 Å². The number of aliphatic hydroxyl groups excluding tert-OH is 1. The summed E-state index contributed by atoms with van der Waals surface area (Å²) in [4.78, 5) is 12.3. The number of nitrogens with one attached hydrogen (secondary N) is 2. The molecule has 0 bridgehead atoms. The number of aromatic amines is 1. The number of amides is 1. The molecule has 124 valence electrons. The van der Waals surface area contributed by atoms with Gasteiger partial charge in [0.1, 0.15) is 5.69 Å². The number of benzene rings is 1. The Morgan fingerprint density at radius 2 is 2.25 bits per heavy atom. The highest BCUT2D eigenvalue weighted by Crippen LogP contribution is 2.21. The van der Waals surface area contributed by atoms with Crippen LogP contribution in [-0.4, -0.2) is 33.9 Å². The zero-order valence-electron chi connectivity index (χ0n) is 12.7. The minimum Gasteiger partial charge on any atom is -0.463 e. The molecule has 0 saturated heterocycles. The van der Waals surface area contributed by atoms with Crippen LogP contribution in [0.3, 0.4) is 0 Å². The third kappa shape index (κ3) is 3.84. The van der Waals surface area contributed by atoms with Gasteiger partial charge in [-0.15, -0.1) is 0 Å². The van der Waals surface area contributed by atoms with E-state index in [2.05, 4.69) is 15.5 Å². The fraction of sp³-hybridized carbons (Fsp3) is 0.176. The number of hydrogen-bond donors (Lipinski definition) is 3. The van der Waals surface area contributed by atoms with Crippen LogP contribution in [0.4, 0.5) is 0 Å². The van der Waals surface area contributed by atoms with E-state index in [-0.39, 0.29) is 12.5 Å². The first-order valence-electron chi connectivity index (χ1n) is 7.41. The monoisotopic (exact) mass is 345 g/mol. The topological polar surface area (TPSA) is 91.1 Å². The quantitative estimate of drug-likeness (QED) is 0.640. The van der Waals surface area contributed by atoms with Gasteiger partial charge in [-0.05, 0) is 29.8 Å². The molecule has 1 aromatic carbocycles. The number of H-pyrrole nitrogens is 1. The van der Waals surface area contributed by atoms with Crippen molar-refractivity contribution in [2.75, 3.05) is 6.54 Å². The summed E-state index contributed by atoms with van der Waals surface area (Å²) in [6.45, 7) is 0.119. The number of aliphatic hydroxyl groups is 1. The molecule has 3 N–H and O–H groups in total. The molecule has 24 heavy (non-hydrogen) atoms. The van der Waals surface area contributed by atoms with E-state index in [1.54, 1.807) is 24.3 Å². The van der Waals surface area contributed by atoms with Crippen molar-refractivity contribution in [1.29, 1.82) is 0 Å². The molecule has 1 unspecified atom stereocenters. The predicted molar refractivity (Wildman–Crippen MR) is 89.8 cm³/mol. The molecule has 1 atom stereocenters. The Kier molecular flexibility index (Phi) is 4.98. The number of carbonyl (C=O) groups excluding carboxylic acids is 1. The lowest BCUT2D eigenvalue weighted by Crippen LogP contribution is -2.33. The lowest BCUT2D eigenvalue weighted by Gasteiger charge is -2.12. The van der Waals surface area contributed by atoms with Crippen LogP contribution in [0.1, 0.15) is 15.9 Å². The molecule has 0 aliphatic heterocycles. The highest BCUT2D eigenvalue weighted by Gasteiger charge is 2.17. The van der Waals surface area contributed by atoms with Gasteiger partial charge in [-0.1, -0.05) is 23.7 Å². The van der Waals surface area contributed by atoms with Gasteiger partial charge in [0.15, 0.2) is 5.76 Å². The fourth-order valence-corrected chi connectivity index (χ4v) is 2.59. The first kappa shape index (κ1) is 16.3. The molecule has 0 aliphatic carbocycles. The van der Waals surface area contributed by atoms with Crippen molar-refractivity contribution in [3.8, 4) is 11.5 Å². The lowest BCUT2D eigenvalue weighted by molar-refractivity contribution is 0.0916. The molecule has 6 nitrogen and oxygen atoms in total. The highest BCUT2D eigenvalue weighted by atomic mass is 35.5. The Bertz CT molecular complexity index is 814. The van der Waals surface area contributed by atoms with Gasteiger partial charge in [-0.3, -0.25) is 9.89 Å². The van der Waals surface area contributed by atoms with Crippen molar-refractivity contribution in [3.05, 3.63) is 65.0 Å². The van der Waals surface area contributed by atoms with E-state index >= 15 is 0 Å². The maximum Gasteiger partial charge on any atom is 0.255 e. The van der Waals surface area contributed by atoms with E-state index in [9.17, 15) is 9.90 Å². The van der Waals surface area contributed by atoms with E-state index in [0.29, 0.717) is 28.5 Å². The second-order valence-corrected chi connectivity index (χ2v) is 5.77. The number of furan rings is 1. The van der Waals surface area contributed by atoms with Crippen molar-refractivity contribution < 1.29 is 14.3 Å². The van der Waals surface area contributed by atoms with Gasteiger partial charge in [0.05, 0.1) is 24.1 Å². The number of halogens is 1. The zero-order chi connectivity index (χ0) is 16.9. The summed E-state index contributed by atoms with van der Waals surface area (Å²) in [6.07, 6.45) is 2.63. The third-order valence-corrected chi connectivity index (χ3v) is 3.75. The predicted octanol–water partition coefficient (Wildman–Crippen LogP) is 2.66. The summed E-state index contributed by atoms with van der Waals surface area (Å²) in [6, 6.07) is 10.7. The molecule has 7 heteroatoms. The van der Waals surface area contributed by atoms with Gasteiger partial charge in [-0.25, -0.2) is 0 Å². The molecule has 0 radical (unpaired) electrons. The average Bonchev–Trinajstić information content (AvgIpc) is 3.23. The van der Waals surface area contributed by atoms with Crippen LogP contribution < -0.4 is 5.32 Å². The van der Waals surface area contributed by atoms with Crippen molar-refractivity contribution in [1.82, 2.24) is 15.5 Å². The molecule has 0 saturated carbocycles. The van der Waals surface area contributed by atoms with Gasteiger partial charge in [0.2, 0.25) is 0 Å².